The fourth-order valence-electron chi connectivity index (χ4n) is 2.74. The molecule has 0 aliphatic carbocycles. The zero-order valence-electron chi connectivity index (χ0n) is 11.7. The summed E-state index contributed by atoms with van der Waals surface area (Å²) in [6.45, 7) is 3.89. The van der Waals surface area contributed by atoms with E-state index in [9.17, 15) is 13.2 Å². The Hall–Kier alpha value is -1.07. The van der Waals surface area contributed by atoms with E-state index in [1.165, 1.54) is 18.6 Å². The summed E-state index contributed by atoms with van der Waals surface area (Å²) >= 11 is 0. The number of hydrogen-bond acceptors (Lipinski definition) is 2. The van der Waals surface area contributed by atoms with Crippen LogP contribution in [-0.4, -0.2) is 23.7 Å². The number of piperidine rings is 1. The van der Waals surface area contributed by atoms with Crippen molar-refractivity contribution in [2.45, 2.75) is 44.4 Å². The summed E-state index contributed by atoms with van der Waals surface area (Å²) in [5.41, 5.74) is 6.08. The van der Waals surface area contributed by atoms with Crippen molar-refractivity contribution in [1.29, 1.82) is 0 Å². The van der Waals surface area contributed by atoms with Crippen LogP contribution in [0.1, 0.15) is 37.3 Å². The number of nitrogens with two attached hydrogens (primary N) is 1. The standard InChI is InChI=1S/C15H21F3N2/c1-14(19,20-9-3-2-4-10-20)11-12-5-7-13(8-6-12)15(16,17)18/h5-8H,2-4,9-11,19H2,1H3. The average Bonchev–Trinajstić information content (AvgIpc) is 2.39. The normalized spacial score (nSPS) is 20.6. The fraction of sp³-hybridized carbons (Fsp3) is 0.600. The molecule has 1 atom stereocenters. The maximum absolute atomic E-state index is 12.5. The molecule has 0 saturated carbocycles. The Balaban J connectivity index is 2.05. The van der Waals surface area contributed by atoms with Crippen molar-refractivity contribution in [3.8, 4) is 0 Å². The highest BCUT2D eigenvalue weighted by molar-refractivity contribution is 5.25. The van der Waals surface area contributed by atoms with Crippen molar-refractivity contribution >= 4 is 0 Å². The highest BCUT2D eigenvalue weighted by atomic mass is 19.4. The molecular formula is C15H21F3N2. The van der Waals surface area contributed by atoms with Gasteiger partial charge >= 0.3 is 6.18 Å². The van der Waals surface area contributed by atoms with Crippen LogP contribution in [-0.2, 0) is 12.6 Å². The lowest BCUT2D eigenvalue weighted by atomic mass is 9.97. The molecule has 112 valence electrons. The Morgan fingerprint density at radius 1 is 1.05 bits per heavy atom. The Kier molecular flexibility index (Phi) is 4.39. The van der Waals surface area contributed by atoms with Gasteiger partial charge in [0.2, 0.25) is 0 Å². The van der Waals surface area contributed by atoms with Crippen LogP contribution in [0.25, 0.3) is 0 Å². The monoisotopic (exact) mass is 286 g/mol. The highest BCUT2D eigenvalue weighted by Gasteiger charge is 2.31. The minimum atomic E-state index is -4.28. The predicted octanol–water partition coefficient (Wildman–Crippen LogP) is 3.41. The number of halogens is 3. The Morgan fingerprint density at radius 3 is 2.10 bits per heavy atom. The highest BCUT2D eigenvalue weighted by Crippen LogP contribution is 2.29. The van der Waals surface area contributed by atoms with Crippen LogP contribution in [0.4, 0.5) is 13.2 Å². The van der Waals surface area contributed by atoms with E-state index in [4.69, 9.17) is 5.73 Å². The van der Waals surface area contributed by atoms with Crippen molar-refractivity contribution in [3.05, 3.63) is 35.4 Å². The van der Waals surface area contributed by atoms with Crippen LogP contribution in [0.15, 0.2) is 24.3 Å². The quantitative estimate of drug-likeness (QED) is 0.922. The van der Waals surface area contributed by atoms with Crippen molar-refractivity contribution in [3.63, 3.8) is 0 Å². The third kappa shape index (κ3) is 3.73. The minimum absolute atomic E-state index is 0.500. The molecule has 2 rings (SSSR count). The van der Waals surface area contributed by atoms with Gasteiger partial charge in [0, 0.05) is 6.42 Å². The summed E-state index contributed by atoms with van der Waals surface area (Å²) in [7, 11) is 0. The summed E-state index contributed by atoms with van der Waals surface area (Å²) in [6.07, 6.45) is -0.213. The van der Waals surface area contributed by atoms with Gasteiger partial charge in [0.05, 0.1) is 11.2 Å². The molecule has 1 heterocycles. The Bertz CT molecular complexity index is 431. The van der Waals surface area contributed by atoms with Crippen LogP contribution in [0, 0.1) is 0 Å². The van der Waals surface area contributed by atoms with Gasteiger partial charge in [-0.15, -0.1) is 0 Å². The molecule has 20 heavy (non-hydrogen) atoms. The molecule has 2 nitrogen and oxygen atoms in total. The van der Waals surface area contributed by atoms with Crippen molar-refractivity contribution < 1.29 is 13.2 Å². The van der Waals surface area contributed by atoms with Gasteiger partial charge in [0.15, 0.2) is 0 Å². The van der Waals surface area contributed by atoms with E-state index in [1.54, 1.807) is 0 Å². The molecule has 1 aliphatic heterocycles. The second-order valence-corrected chi connectivity index (χ2v) is 5.78. The first-order valence-corrected chi connectivity index (χ1v) is 6.99. The first kappa shape index (κ1) is 15.3. The van der Waals surface area contributed by atoms with E-state index < -0.39 is 17.4 Å². The van der Waals surface area contributed by atoms with Crippen LogP contribution in [0.2, 0.25) is 0 Å². The van der Waals surface area contributed by atoms with E-state index in [1.807, 2.05) is 6.92 Å². The third-order valence-electron chi connectivity index (χ3n) is 3.92. The largest absolute Gasteiger partial charge is 0.416 e. The molecule has 1 aromatic carbocycles. The summed E-state index contributed by atoms with van der Waals surface area (Å²) in [5, 5.41) is 0. The number of alkyl halides is 3. The van der Waals surface area contributed by atoms with Crippen LogP contribution >= 0.6 is 0 Å². The van der Waals surface area contributed by atoms with Gasteiger partial charge in [-0.3, -0.25) is 4.90 Å². The van der Waals surface area contributed by atoms with Crippen LogP contribution < -0.4 is 5.73 Å². The Labute approximate surface area is 117 Å². The molecule has 1 saturated heterocycles. The summed E-state index contributed by atoms with van der Waals surface area (Å²) < 4.78 is 37.5. The molecule has 5 heteroatoms. The van der Waals surface area contributed by atoms with Crippen LogP contribution in [0.3, 0.4) is 0 Å². The van der Waals surface area contributed by atoms with Gasteiger partial charge in [-0.1, -0.05) is 18.6 Å². The van der Waals surface area contributed by atoms with E-state index in [2.05, 4.69) is 4.90 Å². The Morgan fingerprint density at radius 2 is 1.60 bits per heavy atom. The topological polar surface area (TPSA) is 29.3 Å². The van der Waals surface area contributed by atoms with Gasteiger partial charge in [-0.05, 0) is 50.6 Å². The summed E-state index contributed by atoms with van der Waals surface area (Å²) in [5.74, 6) is 0. The van der Waals surface area contributed by atoms with Gasteiger partial charge in [-0.2, -0.15) is 13.2 Å². The van der Waals surface area contributed by atoms with Gasteiger partial charge in [0.25, 0.3) is 0 Å². The SMILES string of the molecule is CC(N)(Cc1ccc(C(F)(F)F)cc1)N1CCCCC1. The number of hydrogen-bond donors (Lipinski definition) is 1. The smallest absolute Gasteiger partial charge is 0.313 e. The first-order valence-electron chi connectivity index (χ1n) is 6.99. The van der Waals surface area contributed by atoms with E-state index in [-0.39, 0.29) is 0 Å². The molecular weight excluding hydrogens is 265 g/mol. The number of benzene rings is 1. The zero-order valence-corrected chi connectivity index (χ0v) is 11.7. The van der Waals surface area contributed by atoms with Crippen molar-refractivity contribution in [1.82, 2.24) is 4.90 Å². The first-order chi connectivity index (χ1) is 9.29. The number of nitrogens with zero attached hydrogens (tertiary/aromatic N) is 1. The molecule has 2 N–H and O–H groups in total. The van der Waals surface area contributed by atoms with E-state index >= 15 is 0 Å². The second-order valence-electron chi connectivity index (χ2n) is 5.78. The number of rotatable bonds is 3. The van der Waals surface area contributed by atoms with E-state index in [0.717, 1.165) is 43.6 Å². The molecule has 1 aromatic rings. The van der Waals surface area contributed by atoms with Gasteiger partial charge in [0.1, 0.15) is 0 Å². The van der Waals surface area contributed by atoms with Crippen molar-refractivity contribution in [2.24, 2.45) is 5.73 Å². The van der Waals surface area contributed by atoms with Gasteiger partial charge in [-0.25, -0.2) is 0 Å². The molecule has 1 aliphatic rings. The molecule has 1 unspecified atom stereocenters. The van der Waals surface area contributed by atoms with Gasteiger partial charge < -0.3 is 5.73 Å². The maximum Gasteiger partial charge on any atom is 0.416 e. The maximum atomic E-state index is 12.5. The summed E-state index contributed by atoms with van der Waals surface area (Å²) in [4.78, 5) is 2.23. The molecule has 1 fully saturated rings. The molecule has 0 radical (unpaired) electrons. The molecule has 0 spiro atoms. The second kappa shape index (κ2) is 5.74. The predicted molar refractivity (Wildman–Crippen MR) is 73.2 cm³/mol. The van der Waals surface area contributed by atoms with E-state index in [0.29, 0.717) is 6.42 Å². The molecule has 0 bridgehead atoms. The lowest BCUT2D eigenvalue weighted by Crippen LogP contribution is -2.56. The van der Waals surface area contributed by atoms with Crippen LogP contribution in [0.5, 0.6) is 0 Å². The minimum Gasteiger partial charge on any atom is -0.313 e. The average molecular weight is 286 g/mol. The zero-order chi connectivity index (χ0) is 14.8. The molecule has 0 amide bonds. The lowest BCUT2D eigenvalue weighted by molar-refractivity contribution is -0.137. The fourth-order valence-corrected chi connectivity index (χ4v) is 2.74. The number of likely N-dealkylation sites (tertiary alicyclic amines) is 1. The summed E-state index contributed by atoms with van der Waals surface area (Å²) in [6, 6.07) is 5.30. The third-order valence-corrected chi connectivity index (χ3v) is 3.92. The molecule has 0 aromatic heterocycles. The lowest BCUT2D eigenvalue weighted by Gasteiger charge is -2.40. The van der Waals surface area contributed by atoms with Crippen molar-refractivity contribution in [2.75, 3.05) is 13.1 Å².